The lowest BCUT2D eigenvalue weighted by atomic mass is 10.2. The molecule has 1 atom stereocenters. The van der Waals surface area contributed by atoms with E-state index in [1.165, 1.54) is 0 Å². The van der Waals surface area contributed by atoms with Gasteiger partial charge in [-0.1, -0.05) is 23.7 Å². The second kappa shape index (κ2) is 7.10. The van der Waals surface area contributed by atoms with Gasteiger partial charge in [0.1, 0.15) is 5.82 Å². The average molecular weight is 264 g/mol. The molecule has 0 radical (unpaired) electrons. The summed E-state index contributed by atoms with van der Waals surface area (Å²) in [7, 11) is 0. The molecule has 0 heterocycles. The van der Waals surface area contributed by atoms with Crippen LogP contribution in [0.5, 0.6) is 0 Å². The summed E-state index contributed by atoms with van der Waals surface area (Å²) in [4.78, 5) is 0. The van der Waals surface area contributed by atoms with Crippen LogP contribution in [0.1, 0.15) is 25.3 Å². The van der Waals surface area contributed by atoms with E-state index in [4.69, 9.17) is 23.2 Å². The standard InChI is InChI=1S/C12H16Cl2FN/c1-9(13)4-3-7-16-8-10-5-2-6-11(14)12(10)15/h2,5-6,9,16H,3-4,7-8H2,1H3. The molecule has 0 fully saturated rings. The maximum atomic E-state index is 13.4. The summed E-state index contributed by atoms with van der Waals surface area (Å²) in [5.41, 5.74) is 0.603. The lowest BCUT2D eigenvalue weighted by molar-refractivity contribution is 0.574. The van der Waals surface area contributed by atoms with Crippen molar-refractivity contribution in [2.75, 3.05) is 6.54 Å². The van der Waals surface area contributed by atoms with Crippen molar-refractivity contribution in [2.45, 2.75) is 31.7 Å². The smallest absolute Gasteiger partial charge is 0.146 e. The SMILES string of the molecule is CC(Cl)CCCNCc1cccc(Cl)c1F. The third-order valence-electron chi connectivity index (χ3n) is 2.30. The highest BCUT2D eigenvalue weighted by molar-refractivity contribution is 6.30. The molecule has 0 amide bonds. The van der Waals surface area contributed by atoms with Crippen LogP contribution in [0, 0.1) is 5.82 Å². The average Bonchev–Trinajstić information content (AvgIpc) is 2.23. The Morgan fingerprint density at radius 3 is 2.88 bits per heavy atom. The number of nitrogens with one attached hydrogen (secondary N) is 1. The van der Waals surface area contributed by atoms with Crippen molar-refractivity contribution >= 4 is 23.2 Å². The molecular formula is C12H16Cl2FN. The molecule has 0 aliphatic heterocycles. The Balaban J connectivity index is 2.29. The molecular weight excluding hydrogens is 248 g/mol. The Hall–Kier alpha value is -0.310. The van der Waals surface area contributed by atoms with Crippen LogP contribution in [0.3, 0.4) is 0 Å². The molecule has 0 aliphatic rings. The fourth-order valence-electron chi connectivity index (χ4n) is 1.42. The Labute approximate surface area is 106 Å². The summed E-state index contributed by atoms with van der Waals surface area (Å²) in [5.74, 6) is -0.331. The van der Waals surface area contributed by atoms with Crippen molar-refractivity contribution in [3.05, 3.63) is 34.6 Å². The van der Waals surface area contributed by atoms with Crippen LogP contribution in [-0.4, -0.2) is 11.9 Å². The largest absolute Gasteiger partial charge is 0.313 e. The van der Waals surface area contributed by atoms with Crippen molar-refractivity contribution in [3.63, 3.8) is 0 Å². The predicted octanol–water partition coefficient (Wildman–Crippen LogP) is 3.98. The van der Waals surface area contributed by atoms with Crippen molar-refractivity contribution in [2.24, 2.45) is 0 Å². The summed E-state index contributed by atoms with van der Waals surface area (Å²) in [6.07, 6.45) is 1.96. The van der Waals surface area contributed by atoms with Crippen LogP contribution < -0.4 is 5.32 Å². The Kier molecular flexibility index (Phi) is 6.10. The van der Waals surface area contributed by atoms with Gasteiger partial charge in [-0.15, -0.1) is 11.6 Å². The number of halogens is 3. The number of hydrogen-bond donors (Lipinski definition) is 1. The molecule has 0 bridgehead atoms. The number of hydrogen-bond acceptors (Lipinski definition) is 1. The van der Waals surface area contributed by atoms with E-state index < -0.39 is 0 Å². The van der Waals surface area contributed by atoms with Crippen LogP contribution in [0.4, 0.5) is 4.39 Å². The summed E-state index contributed by atoms with van der Waals surface area (Å²) >= 11 is 11.5. The molecule has 1 N–H and O–H groups in total. The first kappa shape index (κ1) is 13.8. The van der Waals surface area contributed by atoms with E-state index >= 15 is 0 Å². The molecule has 1 unspecified atom stereocenters. The first-order chi connectivity index (χ1) is 7.61. The van der Waals surface area contributed by atoms with Crippen molar-refractivity contribution in [1.82, 2.24) is 5.32 Å². The van der Waals surface area contributed by atoms with E-state index in [-0.39, 0.29) is 16.2 Å². The Morgan fingerprint density at radius 2 is 2.19 bits per heavy atom. The fraction of sp³-hybridized carbons (Fsp3) is 0.500. The van der Waals surface area contributed by atoms with Crippen molar-refractivity contribution in [3.8, 4) is 0 Å². The quantitative estimate of drug-likeness (QED) is 0.605. The highest BCUT2D eigenvalue weighted by Crippen LogP contribution is 2.17. The molecule has 4 heteroatoms. The van der Waals surface area contributed by atoms with E-state index in [1.54, 1.807) is 18.2 Å². The van der Waals surface area contributed by atoms with E-state index in [0.717, 1.165) is 19.4 Å². The number of alkyl halides is 1. The van der Waals surface area contributed by atoms with Crippen LogP contribution in [0.25, 0.3) is 0 Å². The van der Waals surface area contributed by atoms with Crippen LogP contribution in [0.2, 0.25) is 5.02 Å². The normalized spacial score (nSPS) is 12.8. The molecule has 0 aliphatic carbocycles. The van der Waals surface area contributed by atoms with Crippen LogP contribution in [-0.2, 0) is 6.54 Å². The molecule has 1 aromatic rings. The molecule has 1 aromatic carbocycles. The Bertz CT molecular complexity index is 329. The monoisotopic (exact) mass is 263 g/mol. The molecule has 1 rings (SSSR count). The summed E-state index contributed by atoms with van der Waals surface area (Å²) in [6, 6.07) is 5.04. The van der Waals surface area contributed by atoms with Gasteiger partial charge in [0.15, 0.2) is 0 Å². The second-order valence-corrected chi connectivity index (χ2v) is 4.96. The molecule has 0 saturated heterocycles. The van der Waals surface area contributed by atoms with Gasteiger partial charge in [0.25, 0.3) is 0 Å². The highest BCUT2D eigenvalue weighted by atomic mass is 35.5. The Morgan fingerprint density at radius 1 is 1.44 bits per heavy atom. The second-order valence-electron chi connectivity index (χ2n) is 3.81. The summed E-state index contributed by atoms with van der Waals surface area (Å²) < 4.78 is 13.4. The molecule has 0 spiro atoms. The molecule has 16 heavy (non-hydrogen) atoms. The highest BCUT2D eigenvalue weighted by Gasteiger charge is 2.05. The third kappa shape index (κ3) is 4.69. The van der Waals surface area contributed by atoms with Crippen LogP contribution in [0.15, 0.2) is 18.2 Å². The lowest BCUT2D eigenvalue weighted by Gasteiger charge is -2.07. The van der Waals surface area contributed by atoms with Gasteiger partial charge in [-0.3, -0.25) is 0 Å². The van der Waals surface area contributed by atoms with Gasteiger partial charge >= 0.3 is 0 Å². The topological polar surface area (TPSA) is 12.0 Å². The molecule has 0 saturated carbocycles. The zero-order chi connectivity index (χ0) is 12.0. The minimum absolute atomic E-state index is 0.175. The third-order valence-corrected chi connectivity index (χ3v) is 2.81. The van der Waals surface area contributed by atoms with Gasteiger partial charge in [0.05, 0.1) is 5.02 Å². The molecule has 90 valence electrons. The zero-order valence-corrected chi connectivity index (χ0v) is 10.8. The predicted molar refractivity (Wildman–Crippen MR) is 67.7 cm³/mol. The van der Waals surface area contributed by atoms with Crippen LogP contribution >= 0.6 is 23.2 Å². The van der Waals surface area contributed by atoms with Crippen molar-refractivity contribution in [1.29, 1.82) is 0 Å². The van der Waals surface area contributed by atoms with E-state index in [9.17, 15) is 4.39 Å². The zero-order valence-electron chi connectivity index (χ0n) is 9.27. The van der Waals surface area contributed by atoms with E-state index in [0.29, 0.717) is 12.1 Å². The summed E-state index contributed by atoms with van der Waals surface area (Å²) in [5, 5.41) is 3.54. The molecule has 0 aromatic heterocycles. The first-order valence-corrected chi connectivity index (χ1v) is 6.20. The van der Waals surface area contributed by atoms with Gasteiger partial charge in [0.2, 0.25) is 0 Å². The maximum Gasteiger partial charge on any atom is 0.146 e. The number of rotatable bonds is 6. The minimum Gasteiger partial charge on any atom is -0.313 e. The molecule has 1 nitrogen and oxygen atoms in total. The van der Waals surface area contributed by atoms with E-state index in [1.807, 2.05) is 6.92 Å². The maximum absolute atomic E-state index is 13.4. The van der Waals surface area contributed by atoms with Gasteiger partial charge < -0.3 is 5.32 Å². The van der Waals surface area contributed by atoms with Gasteiger partial charge in [0, 0.05) is 17.5 Å². The lowest BCUT2D eigenvalue weighted by Crippen LogP contribution is -2.16. The minimum atomic E-state index is -0.331. The number of benzene rings is 1. The van der Waals surface area contributed by atoms with E-state index in [2.05, 4.69) is 5.32 Å². The van der Waals surface area contributed by atoms with Gasteiger partial charge in [-0.2, -0.15) is 0 Å². The fourth-order valence-corrected chi connectivity index (χ4v) is 1.76. The summed E-state index contributed by atoms with van der Waals surface area (Å²) in [6.45, 7) is 3.31. The van der Waals surface area contributed by atoms with Gasteiger partial charge in [-0.05, 0) is 32.4 Å². The van der Waals surface area contributed by atoms with Crippen molar-refractivity contribution < 1.29 is 4.39 Å². The first-order valence-electron chi connectivity index (χ1n) is 5.39. The van der Waals surface area contributed by atoms with Gasteiger partial charge in [-0.25, -0.2) is 4.39 Å².